The van der Waals surface area contributed by atoms with Crippen molar-refractivity contribution < 1.29 is 9.31 Å². The minimum Gasteiger partial charge on any atom is -0.348 e. The van der Waals surface area contributed by atoms with E-state index in [-0.39, 0.29) is 16.4 Å². The van der Waals surface area contributed by atoms with Gasteiger partial charge in [-0.05, 0) is 30.3 Å². The van der Waals surface area contributed by atoms with Gasteiger partial charge in [0, 0.05) is 55.9 Å². The van der Waals surface area contributed by atoms with Gasteiger partial charge in [-0.1, -0.05) is 0 Å². The average molecular weight is 399 g/mol. The molecule has 1 fully saturated rings. The number of thiazole rings is 1. The van der Waals surface area contributed by atoms with Gasteiger partial charge in [-0.2, -0.15) is 0 Å². The predicted molar refractivity (Wildman–Crippen MR) is 106 cm³/mol. The average Bonchev–Trinajstić information content (AvgIpc) is 3.17. The van der Waals surface area contributed by atoms with E-state index in [1.54, 1.807) is 35.7 Å². The molecule has 1 aliphatic rings. The van der Waals surface area contributed by atoms with Gasteiger partial charge < -0.3 is 4.90 Å². The molecule has 0 bridgehead atoms. The summed E-state index contributed by atoms with van der Waals surface area (Å²) in [7, 11) is 0. The standard InChI is InChI=1S/C19H18FN5O2S/c20-15-5-3-14(4-6-15)19-22-16(13-28-19)12-23-8-10-24(11-9-23)18-17(25(26)27)2-1-7-21-18/h1-7,13H,8-12H2. The van der Waals surface area contributed by atoms with Gasteiger partial charge in [0.25, 0.3) is 0 Å². The summed E-state index contributed by atoms with van der Waals surface area (Å²) < 4.78 is 13.1. The van der Waals surface area contributed by atoms with E-state index >= 15 is 0 Å². The number of hydrogen-bond donors (Lipinski definition) is 0. The van der Waals surface area contributed by atoms with Crippen LogP contribution >= 0.6 is 11.3 Å². The van der Waals surface area contributed by atoms with E-state index in [0.29, 0.717) is 18.9 Å². The summed E-state index contributed by atoms with van der Waals surface area (Å²) in [6, 6.07) is 9.41. The number of benzene rings is 1. The molecule has 0 spiro atoms. The van der Waals surface area contributed by atoms with Crippen LogP contribution in [0.25, 0.3) is 10.6 Å². The maximum absolute atomic E-state index is 13.1. The highest BCUT2D eigenvalue weighted by Crippen LogP contribution is 2.27. The number of aromatic nitrogens is 2. The third-order valence-electron chi connectivity index (χ3n) is 4.66. The van der Waals surface area contributed by atoms with Gasteiger partial charge in [0.15, 0.2) is 0 Å². The molecule has 0 atom stereocenters. The first-order valence-electron chi connectivity index (χ1n) is 8.87. The third kappa shape index (κ3) is 4.00. The maximum atomic E-state index is 13.1. The Hall–Kier alpha value is -2.91. The number of halogens is 1. The van der Waals surface area contributed by atoms with Crippen molar-refractivity contribution in [2.24, 2.45) is 0 Å². The Morgan fingerprint density at radius 3 is 2.61 bits per heavy atom. The maximum Gasteiger partial charge on any atom is 0.311 e. The van der Waals surface area contributed by atoms with Gasteiger partial charge in [-0.3, -0.25) is 15.0 Å². The van der Waals surface area contributed by atoms with Crippen LogP contribution in [0, 0.1) is 15.9 Å². The van der Waals surface area contributed by atoms with Crippen LogP contribution in [0.15, 0.2) is 48.0 Å². The molecule has 3 aromatic rings. The van der Waals surface area contributed by atoms with Gasteiger partial charge in [0.1, 0.15) is 10.8 Å². The Balaban J connectivity index is 1.38. The third-order valence-corrected chi connectivity index (χ3v) is 5.60. The van der Waals surface area contributed by atoms with E-state index in [1.165, 1.54) is 18.2 Å². The van der Waals surface area contributed by atoms with E-state index in [9.17, 15) is 14.5 Å². The lowest BCUT2D eigenvalue weighted by Crippen LogP contribution is -2.46. The molecule has 1 aliphatic heterocycles. The summed E-state index contributed by atoms with van der Waals surface area (Å²) in [6.07, 6.45) is 1.58. The van der Waals surface area contributed by atoms with Crippen molar-refractivity contribution in [3.05, 3.63) is 69.6 Å². The summed E-state index contributed by atoms with van der Waals surface area (Å²) in [5.41, 5.74) is 1.92. The number of nitrogens with zero attached hydrogens (tertiary/aromatic N) is 5. The van der Waals surface area contributed by atoms with Crippen molar-refractivity contribution in [3.8, 4) is 10.6 Å². The van der Waals surface area contributed by atoms with E-state index in [4.69, 9.17) is 0 Å². The zero-order chi connectivity index (χ0) is 19.5. The Morgan fingerprint density at radius 2 is 1.89 bits per heavy atom. The highest BCUT2D eigenvalue weighted by Gasteiger charge is 2.25. The van der Waals surface area contributed by atoms with Gasteiger partial charge in [-0.25, -0.2) is 14.4 Å². The second kappa shape index (κ2) is 7.99. The van der Waals surface area contributed by atoms with Crippen molar-refractivity contribution in [2.45, 2.75) is 6.54 Å². The first-order valence-corrected chi connectivity index (χ1v) is 9.75. The minimum absolute atomic E-state index is 0.0411. The number of rotatable bonds is 5. The SMILES string of the molecule is O=[N+]([O-])c1cccnc1N1CCN(Cc2csc(-c3ccc(F)cc3)n2)CC1. The van der Waals surface area contributed by atoms with Crippen molar-refractivity contribution in [1.82, 2.24) is 14.9 Å². The summed E-state index contributed by atoms with van der Waals surface area (Å²) >= 11 is 1.54. The summed E-state index contributed by atoms with van der Waals surface area (Å²) in [5.74, 6) is 0.172. The predicted octanol–water partition coefficient (Wildman–Crippen LogP) is 3.57. The van der Waals surface area contributed by atoms with E-state index in [0.717, 1.165) is 35.9 Å². The molecule has 0 unspecified atom stereocenters. The second-order valence-electron chi connectivity index (χ2n) is 6.52. The number of hydrogen-bond acceptors (Lipinski definition) is 7. The van der Waals surface area contributed by atoms with Crippen molar-refractivity contribution in [1.29, 1.82) is 0 Å². The van der Waals surface area contributed by atoms with Crippen LogP contribution in [0.1, 0.15) is 5.69 Å². The Morgan fingerprint density at radius 1 is 1.14 bits per heavy atom. The Bertz CT molecular complexity index is 970. The smallest absolute Gasteiger partial charge is 0.311 e. The van der Waals surface area contributed by atoms with Gasteiger partial charge >= 0.3 is 5.69 Å². The quantitative estimate of drug-likeness (QED) is 0.482. The van der Waals surface area contributed by atoms with Gasteiger partial charge in [0.05, 0.1) is 10.6 Å². The molecule has 0 saturated carbocycles. The summed E-state index contributed by atoms with van der Waals surface area (Å²) in [4.78, 5) is 23.9. The second-order valence-corrected chi connectivity index (χ2v) is 7.38. The van der Waals surface area contributed by atoms with Crippen molar-refractivity contribution in [2.75, 3.05) is 31.1 Å². The van der Waals surface area contributed by atoms with Crippen LogP contribution < -0.4 is 4.90 Å². The first-order chi connectivity index (χ1) is 13.6. The zero-order valence-corrected chi connectivity index (χ0v) is 15.8. The molecule has 28 heavy (non-hydrogen) atoms. The van der Waals surface area contributed by atoms with Crippen LogP contribution in [-0.4, -0.2) is 46.0 Å². The van der Waals surface area contributed by atoms with E-state index in [1.807, 2.05) is 10.3 Å². The normalized spacial score (nSPS) is 15.0. The molecule has 144 valence electrons. The lowest BCUT2D eigenvalue weighted by molar-refractivity contribution is -0.384. The monoisotopic (exact) mass is 399 g/mol. The molecular weight excluding hydrogens is 381 g/mol. The first kappa shape index (κ1) is 18.5. The molecule has 0 radical (unpaired) electrons. The fourth-order valence-corrected chi connectivity index (χ4v) is 4.04. The number of nitro groups is 1. The highest BCUT2D eigenvalue weighted by atomic mass is 32.1. The van der Waals surface area contributed by atoms with Gasteiger partial charge in [-0.15, -0.1) is 11.3 Å². The summed E-state index contributed by atoms with van der Waals surface area (Å²) in [6.45, 7) is 3.61. The lowest BCUT2D eigenvalue weighted by atomic mass is 10.2. The van der Waals surface area contributed by atoms with Crippen molar-refractivity contribution >= 4 is 22.8 Å². The van der Waals surface area contributed by atoms with E-state index in [2.05, 4.69) is 14.9 Å². The molecular formula is C19H18FN5O2S. The van der Waals surface area contributed by atoms with Crippen LogP contribution in [0.4, 0.5) is 15.9 Å². The number of anilines is 1. The molecule has 1 saturated heterocycles. The lowest BCUT2D eigenvalue weighted by Gasteiger charge is -2.34. The molecule has 0 amide bonds. The minimum atomic E-state index is -0.388. The molecule has 2 aromatic heterocycles. The number of pyridine rings is 1. The van der Waals surface area contributed by atoms with Crippen molar-refractivity contribution in [3.63, 3.8) is 0 Å². The Kier molecular flexibility index (Phi) is 5.27. The fraction of sp³-hybridized carbons (Fsp3) is 0.263. The Labute approximate surface area is 165 Å². The zero-order valence-electron chi connectivity index (χ0n) is 15.0. The molecule has 1 aromatic carbocycles. The molecule has 7 nitrogen and oxygen atoms in total. The topological polar surface area (TPSA) is 75.4 Å². The molecule has 9 heteroatoms. The van der Waals surface area contributed by atoms with Gasteiger partial charge in [0.2, 0.25) is 5.82 Å². The summed E-state index contributed by atoms with van der Waals surface area (Å²) in [5, 5.41) is 14.1. The molecule has 0 aliphatic carbocycles. The highest BCUT2D eigenvalue weighted by molar-refractivity contribution is 7.13. The fourth-order valence-electron chi connectivity index (χ4n) is 3.23. The van der Waals surface area contributed by atoms with Crippen LogP contribution in [0.3, 0.4) is 0 Å². The molecule has 3 heterocycles. The van der Waals surface area contributed by atoms with Crippen LogP contribution in [0.2, 0.25) is 0 Å². The van der Waals surface area contributed by atoms with Crippen LogP contribution in [0.5, 0.6) is 0 Å². The molecule has 0 N–H and O–H groups in total. The molecule has 4 rings (SSSR count). The van der Waals surface area contributed by atoms with Crippen LogP contribution in [-0.2, 0) is 6.54 Å². The largest absolute Gasteiger partial charge is 0.348 e. The van der Waals surface area contributed by atoms with E-state index < -0.39 is 0 Å². The number of piperazine rings is 1.